The van der Waals surface area contributed by atoms with Crippen LogP contribution in [0.2, 0.25) is 0 Å². The highest BCUT2D eigenvalue weighted by molar-refractivity contribution is 5.95. The van der Waals surface area contributed by atoms with Gasteiger partial charge in [-0.25, -0.2) is 9.18 Å². The van der Waals surface area contributed by atoms with E-state index < -0.39 is 40.7 Å². The lowest BCUT2D eigenvalue weighted by Gasteiger charge is -2.35. The number of ether oxygens (including phenoxy) is 1. The molecule has 0 aliphatic carbocycles. The number of nitrogens with zero attached hydrogens (tertiary/aromatic N) is 2. The van der Waals surface area contributed by atoms with Gasteiger partial charge in [0.25, 0.3) is 5.91 Å². The molecule has 0 aromatic heterocycles. The Morgan fingerprint density at radius 2 is 1.54 bits per heavy atom. The molecule has 1 aliphatic heterocycles. The Labute approximate surface area is 148 Å². The van der Waals surface area contributed by atoms with Gasteiger partial charge >= 0.3 is 12.3 Å². The lowest BCUT2D eigenvalue weighted by atomic mass is 10.1. The largest absolute Gasteiger partial charge is 0.444 e. The van der Waals surface area contributed by atoms with Crippen LogP contribution in [0.3, 0.4) is 0 Å². The molecule has 0 bridgehead atoms. The average Bonchev–Trinajstić information content (AvgIpc) is 2.52. The van der Waals surface area contributed by atoms with E-state index in [-0.39, 0.29) is 26.2 Å². The monoisotopic (exact) mass is 376 g/mol. The van der Waals surface area contributed by atoms with Gasteiger partial charge in [0.15, 0.2) is 0 Å². The summed E-state index contributed by atoms with van der Waals surface area (Å²) >= 11 is 0. The Bertz CT molecular complexity index is 690. The lowest BCUT2D eigenvalue weighted by Crippen LogP contribution is -2.51. The Kier molecular flexibility index (Phi) is 5.48. The minimum Gasteiger partial charge on any atom is -0.444 e. The smallest absolute Gasteiger partial charge is 0.419 e. The maximum absolute atomic E-state index is 14.1. The van der Waals surface area contributed by atoms with Crippen molar-refractivity contribution >= 4 is 12.0 Å². The molecule has 2 rings (SSSR count). The second kappa shape index (κ2) is 7.13. The molecule has 0 spiro atoms. The molecule has 1 aromatic carbocycles. The zero-order valence-electron chi connectivity index (χ0n) is 14.7. The molecule has 1 aliphatic rings. The van der Waals surface area contributed by atoms with Crippen molar-refractivity contribution in [3.05, 3.63) is 35.1 Å². The summed E-state index contributed by atoms with van der Waals surface area (Å²) in [6, 6.07) is 2.61. The van der Waals surface area contributed by atoms with Crippen LogP contribution in [0.5, 0.6) is 0 Å². The van der Waals surface area contributed by atoms with Gasteiger partial charge in [-0.2, -0.15) is 13.2 Å². The first-order chi connectivity index (χ1) is 11.9. The van der Waals surface area contributed by atoms with Gasteiger partial charge in [0, 0.05) is 26.2 Å². The molecule has 0 N–H and O–H groups in total. The number of rotatable bonds is 1. The predicted octanol–water partition coefficient (Wildman–Crippen LogP) is 3.54. The highest BCUT2D eigenvalue weighted by atomic mass is 19.4. The first kappa shape index (κ1) is 20.0. The Hall–Kier alpha value is -2.32. The Morgan fingerprint density at radius 1 is 1.00 bits per heavy atom. The number of hydrogen-bond acceptors (Lipinski definition) is 3. The van der Waals surface area contributed by atoms with E-state index in [2.05, 4.69) is 0 Å². The van der Waals surface area contributed by atoms with E-state index in [9.17, 15) is 27.2 Å². The molecule has 2 amide bonds. The van der Waals surface area contributed by atoms with E-state index in [1.807, 2.05) is 0 Å². The number of piperazine rings is 1. The van der Waals surface area contributed by atoms with E-state index in [0.29, 0.717) is 6.07 Å². The van der Waals surface area contributed by atoms with Crippen LogP contribution >= 0.6 is 0 Å². The fraction of sp³-hybridized carbons (Fsp3) is 0.529. The molecule has 1 fully saturated rings. The fourth-order valence-electron chi connectivity index (χ4n) is 2.51. The molecule has 5 nitrogen and oxygen atoms in total. The quantitative estimate of drug-likeness (QED) is 0.705. The highest BCUT2D eigenvalue weighted by Crippen LogP contribution is 2.32. The number of carbonyl (C=O) groups is 2. The molecule has 1 saturated heterocycles. The number of benzene rings is 1. The van der Waals surface area contributed by atoms with Crippen molar-refractivity contribution in [2.24, 2.45) is 0 Å². The molecule has 26 heavy (non-hydrogen) atoms. The third-order valence-electron chi connectivity index (χ3n) is 3.75. The molecule has 0 saturated carbocycles. The topological polar surface area (TPSA) is 49.9 Å². The molecule has 1 aromatic rings. The van der Waals surface area contributed by atoms with Crippen molar-refractivity contribution in [3.8, 4) is 0 Å². The van der Waals surface area contributed by atoms with Crippen LogP contribution in [0.15, 0.2) is 18.2 Å². The van der Waals surface area contributed by atoms with Crippen molar-refractivity contribution in [1.29, 1.82) is 0 Å². The summed E-state index contributed by atoms with van der Waals surface area (Å²) in [6.45, 7) is 5.63. The van der Waals surface area contributed by atoms with Gasteiger partial charge in [0.1, 0.15) is 11.4 Å². The molecular weight excluding hydrogens is 356 g/mol. The second-order valence-corrected chi connectivity index (χ2v) is 6.92. The SMILES string of the molecule is CC(C)(C)OC(=O)N1CCN(C(=O)c2cccc(C(F)(F)F)c2F)CC1. The van der Waals surface area contributed by atoms with Crippen molar-refractivity contribution in [2.75, 3.05) is 26.2 Å². The maximum atomic E-state index is 14.1. The minimum absolute atomic E-state index is 0.0771. The number of amides is 2. The molecule has 0 unspecified atom stereocenters. The summed E-state index contributed by atoms with van der Waals surface area (Å²) in [5, 5.41) is 0. The van der Waals surface area contributed by atoms with Gasteiger partial charge in [-0.15, -0.1) is 0 Å². The molecule has 0 radical (unpaired) electrons. The van der Waals surface area contributed by atoms with E-state index in [4.69, 9.17) is 4.74 Å². The van der Waals surface area contributed by atoms with Gasteiger partial charge in [-0.05, 0) is 32.9 Å². The van der Waals surface area contributed by atoms with Crippen LogP contribution in [0, 0.1) is 5.82 Å². The summed E-state index contributed by atoms with van der Waals surface area (Å²) in [5.74, 6) is -2.42. The molecule has 1 heterocycles. The summed E-state index contributed by atoms with van der Waals surface area (Å²) < 4.78 is 57.7. The number of alkyl halides is 3. The molecule has 144 valence electrons. The van der Waals surface area contributed by atoms with Crippen LogP contribution in [0.1, 0.15) is 36.7 Å². The van der Waals surface area contributed by atoms with Crippen LogP contribution in [0.4, 0.5) is 22.4 Å². The first-order valence-electron chi connectivity index (χ1n) is 8.03. The average molecular weight is 376 g/mol. The van der Waals surface area contributed by atoms with Crippen LogP contribution < -0.4 is 0 Å². The van der Waals surface area contributed by atoms with Crippen molar-refractivity contribution in [1.82, 2.24) is 9.80 Å². The van der Waals surface area contributed by atoms with Gasteiger partial charge < -0.3 is 14.5 Å². The number of hydrogen-bond donors (Lipinski definition) is 0. The summed E-state index contributed by atoms with van der Waals surface area (Å²) in [6.07, 6.45) is -5.41. The van der Waals surface area contributed by atoms with Crippen LogP contribution in [-0.4, -0.2) is 53.6 Å². The first-order valence-corrected chi connectivity index (χ1v) is 8.03. The number of halogens is 4. The minimum atomic E-state index is -4.88. The zero-order valence-corrected chi connectivity index (χ0v) is 14.7. The van der Waals surface area contributed by atoms with Crippen LogP contribution in [0.25, 0.3) is 0 Å². The summed E-state index contributed by atoms with van der Waals surface area (Å²) in [4.78, 5) is 27.0. The lowest BCUT2D eigenvalue weighted by molar-refractivity contribution is -0.140. The fourth-order valence-corrected chi connectivity index (χ4v) is 2.51. The van der Waals surface area contributed by atoms with Crippen molar-refractivity contribution in [3.63, 3.8) is 0 Å². The van der Waals surface area contributed by atoms with Gasteiger partial charge in [-0.1, -0.05) is 6.07 Å². The normalized spacial score (nSPS) is 15.8. The van der Waals surface area contributed by atoms with E-state index in [0.717, 1.165) is 12.1 Å². The summed E-state index contributed by atoms with van der Waals surface area (Å²) in [7, 11) is 0. The third kappa shape index (κ3) is 4.64. The van der Waals surface area contributed by atoms with Gasteiger partial charge in [0.2, 0.25) is 0 Å². The van der Waals surface area contributed by atoms with E-state index in [1.165, 1.54) is 9.80 Å². The van der Waals surface area contributed by atoms with Crippen molar-refractivity contribution in [2.45, 2.75) is 32.5 Å². The third-order valence-corrected chi connectivity index (χ3v) is 3.75. The van der Waals surface area contributed by atoms with Gasteiger partial charge in [0.05, 0.1) is 11.1 Å². The number of carbonyl (C=O) groups excluding carboxylic acids is 2. The summed E-state index contributed by atoms with van der Waals surface area (Å²) in [5.41, 5.74) is -2.77. The second-order valence-electron chi connectivity index (χ2n) is 6.92. The standard InChI is InChI=1S/C17H20F4N2O3/c1-16(2,3)26-15(25)23-9-7-22(8-10-23)14(24)11-5-4-6-12(13(11)18)17(19,20)21/h4-6H,7-10H2,1-3H3. The van der Waals surface area contributed by atoms with Gasteiger partial charge in [-0.3, -0.25) is 4.79 Å². The zero-order chi connectivity index (χ0) is 19.7. The van der Waals surface area contributed by atoms with E-state index in [1.54, 1.807) is 20.8 Å². The highest BCUT2D eigenvalue weighted by Gasteiger charge is 2.37. The molecule has 0 atom stereocenters. The van der Waals surface area contributed by atoms with Crippen LogP contribution in [-0.2, 0) is 10.9 Å². The maximum Gasteiger partial charge on any atom is 0.419 e. The molecular formula is C17H20F4N2O3. The Morgan fingerprint density at radius 3 is 2.04 bits per heavy atom. The van der Waals surface area contributed by atoms with Crippen molar-refractivity contribution < 1.29 is 31.9 Å². The Balaban J connectivity index is 2.07. The molecule has 9 heteroatoms. The predicted molar refractivity (Wildman–Crippen MR) is 85.1 cm³/mol. The van der Waals surface area contributed by atoms with E-state index >= 15 is 0 Å².